The normalized spacial score (nSPS) is 10.6. The van der Waals surface area contributed by atoms with E-state index in [1.54, 1.807) is 0 Å². The van der Waals surface area contributed by atoms with Gasteiger partial charge in [-0.05, 0) is 41.0 Å². The summed E-state index contributed by atoms with van der Waals surface area (Å²) in [7, 11) is 0. The maximum Gasteiger partial charge on any atom is 0.126 e. The van der Waals surface area contributed by atoms with Gasteiger partial charge in [0, 0.05) is 12.6 Å². The van der Waals surface area contributed by atoms with Crippen molar-refractivity contribution in [2.75, 3.05) is 0 Å². The van der Waals surface area contributed by atoms with E-state index in [0.29, 0.717) is 11.1 Å². The zero-order valence-corrected chi connectivity index (χ0v) is 8.88. The molecule has 0 spiro atoms. The second kappa shape index (κ2) is 4.59. The zero-order chi connectivity index (χ0) is 12.4. The van der Waals surface area contributed by atoms with Gasteiger partial charge in [-0.25, -0.2) is 13.2 Å². The molecule has 2 aromatic carbocycles. The molecule has 88 valence electrons. The predicted molar refractivity (Wildman–Crippen MR) is 59.6 cm³/mol. The highest BCUT2D eigenvalue weighted by Gasteiger charge is 2.08. The molecule has 0 amide bonds. The van der Waals surface area contributed by atoms with Gasteiger partial charge in [-0.15, -0.1) is 0 Å². The minimum Gasteiger partial charge on any atom is -0.326 e. The third-order valence-corrected chi connectivity index (χ3v) is 2.47. The maximum atomic E-state index is 13.1. The van der Waals surface area contributed by atoms with Crippen LogP contribution in [-0.2, 0) is 6.54 Å². The fraction of sp³-hybridized carbons (Fsp3) is 0.0769. The van der Waals surface area contributed by atoms with Crippen LogP contribution in [0.1, 0.15) is 5.56 Å². The van der Waals surface area contributed by atoms with Gasteiger partial charge in [-0.2, -0.15) is 0 Å². The van der Waals surface area contributed by atoms with E-state index in [2.05, 4.69) is 0 Å². The lowest BCUT2D eigenvalue weighted by atomic mass is 9.99. The number of rotatable bonds is 2. The third-order valence-electron chi connectivity index (χ3n) is 2.47. The van der Waals surface area contributed by atoms with Crippen LogP contribution >= 0.6 is 0 Å². The Balaban J connectivity index is 2.62. The molecule has 2 N–H and O–H groups in total. The summed E-state index contributed by atoms with van der Waals surface area (Å²) in [5.74, 6) is -1.87. The molecule has 0 heterocycles. The van der Waals surface area contributed by atoms with Gasteiger partial charge in [0.25, 0.3) is 0 Å². The number of hydrogen-bond donors (Lipinski definition) is 1. The van der Waals surface area contributed by atoms with Gasteiger partial charge in [0.05, 0.1) is 0 Å². The molecule has 0 radical (unpaired) electrons. The Bertz CT molecular complexity index is 532. The largest absolute Gasteiger partial charge is 0.326 e. The lowest BCUT2D eigenvalue weighted by Gasteiger charge is -2.08. The highest BCUT2D eigenvalue weighted by Crippen LogP contribution is 2.26. The molecule has 0 aliphatic heterocycles. The summed E-state index contributed by atoms with van der Waals surface area (Å²) in [5, 5.41) is 0. The molecule has 0 saturated carbocycles. The first-order chi connectivity index (χ1) is 8.10. The van der Waals surface area contributed by atoms with Crippen molar-refractivity contribution >= 4 is 0 Å². The topological polar surface area (TPSA) is 26.0 Å². The molecule has 4 heteroatoms. The summed E-state index contributed by atoms with van der Waals surface area (Å²) >= 11 is 0. The van der Waals surface area contributed by atoms with E-state index < -0.39 is 17.5 Å². The van der Waals surface area contributed by atoms with Crippen LogP contribution in [0.2, 0.25) is 0 Å². The monoisotopic (exact) mass is 237 g/mol. The Labute approximate surface area is 96.7 Å². The van der Waals surface area contributed by atoms with E-state index in [1.807, 2.05) is 0 Å². The van der Waals surface area contributed by atoms with Gasteiger partial charge >= 0.3 is 0 Å². The summed E-state index contributed by atoms with van der Waals surface area (Å²) in [5.41, 5.74) is 6.83. The van der Waals surface area contributed by atoms with E-state index in [4.69, 9.17) is 5.73 Å². The molecule has 17 heavy (non-hydrogen) atoms. The average molecular weight is 237 g/mol. The van der Waals surface area contributed by atoms with Gasteiger partial charge in [0.2, 0.25) is 0 Å². The van der Waals surface area contributed by atoms with Crippen LogP contribution in [-0.4, -0.2) is 0 Å². The van der Waals surface area contributed by atoms with Crippen molar-refractivity contribution in [3.05, 3.63) is 59.4 Å². The Morgan fingerprint density at radius 3 is 2.06 bits per heavy atom. The van der Waals surface area contributed by atoms with Gasteiger partial charge < -0.3 is 5.73 Å². The quantitative estimate of drug-likeness (QED) is 0.852. The van der Waals surface area contributed by atoms with Gasteiger partial charge in [0.15, 0.2) is 0 Å². The van der Waals surface area contributed by atoms with E-state index in [9.17, 15) is 13.2 Å². The van der Waals surface area contributed by atoms with Crippen LogP contribution in [0.25, 0.3) is 11.1 Å². The summed E-state index contributed by atoms with van der Waals surface area (Å²) in [6.45, 7) is 0.174. The van der Waals surface area contributed by atoms with E-state index in [-0.39, 0.29) is 12.1 Å². The van der Waals surface area contributed by atoms with E-state index in [1.165, 1.54) is 18.2 Å². The second-order valence-corrected chi connectivity index (χ2v) is 3.66. The first-order valence-electron chi connectivity index (χ1n) is 5.05. The highest BCUT2D eigenvalue weighted by atomic mass is 19.1. The third kappa shape index (κ3) is 2.47. The van der Waals surface area contributed by atoms with E-state index in [0.717, 1.165) is 18.2 Å². The number of hydrogen-bond acceptors (Lipinski definition) is 1. The molecular formula is C13H10F3N. The van der Waals surface area contributed by atoms with E-state index >= 15 is 0 Å². The standard InChI is InChI=1S/C13H10F3N/c14-10-2-1-8(7-17)13(6-10)9-3-11(15)5-12(16)4-9/h1-6H,7,17H2. The molecule has 0 fully saturated rings. The zero-order valence-electron chi connectivity index (χ0n) is 8.88. The molecule has 0 unspecified atom stereocenters. The first-order valence-corrected chi connectivity index (χ1v) is 5.05. The van der Waals surface area contributed by atoms with Gasteiger partial charge in [-0.1, -0.05) is 6.07 Å². The van der Waals surface area contributed by atoms with Gasteiger partial charge in [0.1, 0.15) is 17.5 Å². The molecule has 0 saturated heterocycles. The van der Waals surface area contributed by atoms with Crippen molar-refractivity contribution in [1.29, 1.82) is 0 Å². The molecule has 0 bridgehead atoms. The lowest BCUT2D eigenvalue weighted by molar-refractivity contribution is 0.584. The van der Waals surface area contributed by atoms with Crippen molar-refractivity contribution < 1.29 is 13.2 Å². The summed E-state index contributed by atoms with van der Waals surface area (Å²) in [6.07, 6.45) is 0. The van der Waals surface area contributed by atoms with Crippen LogP contribution in [0.15, 0.2) is 36.4 Å². The Kier molecular flexibility index (Phi) is 3.15. The molecule has 0 aromatic heterocycles. The Morgan fingerprint density at radius 2 is 1.47 bits per heavy atom. The number of benzene rings is 2. The molecular weight excluding hydrogens is 227 g/mol. The Hall–Kier alpha value is -1.81. The molecule has 0 aliphatic carbocycles. The summed E-state index contributed by atoms with van der Waals surface area (Å²) in [4.78, 5) is 0. The molecule has 0 aliphatic rings. The van der Waals surface area contributed by atoms with Crippen molar-refractivity contribution in [1.82, 2.24) is 0 Å². The van der Waals surface area contributed by atoms with Crippen LogP contribution < -0.4 is 5.73 Å². The molecule has 2 rings (SSSR count). The number of nitrogens with two attached hydrogens (primary N) is 1. The Morgan fingerprint density at radius 1 is 0.824 bits per heavy atom. The smallest absolute Gasteiger partial charge is 0.126 e. The van der Waals surface area contributed by atoms with Crippen molar-refractivity contribution in [2.45, 2.75) is 6.54 Å². The molecule has 1 nitrogen and oxygen atoms in total. The SMILES string of the molecule is NCc1ccc(F)cc1-c1cc(F)cc(F)c1. The maximum absolute atomic E-state index is 13.1. The second-order valence-electron chi connectivity index (χ2n) is 3.66. The summed E-state index contributed by atoms with van der Waals surface area (Å²) < 4.78 is 39.3. The fourth-order valence-corrected chi connectivity index (χ4v) is 1.70. The van der Waals surface area contributed by atoms with Gasteiger partial charge in [-0.3, -0.25) is 0 Å². The van der Waals surface area contributed by atoms with Crippen molar-refractivity contribution in [2.24, 2.45) is 5.73 Å². The summed E-state index contributed by atoms with van der Waals surface area (Å²) in [6, 6.07) is 7.06. The fourth-order valence-electron chi connectivity index (χ4n) is 1.70. The molecule has 0 atom stereocenters. The van der Waals surface area contributed by atoms with Crippen molar-refractivity contribution in [3.8, 4) is 11.1 Å². The predicted octanol–water partition coefficient (Wildman–Crippen LogP) is 3.23. The average Bonchev–Trinajstić information content (AvgIpc) is 2.27. The van der Waals surface area contributed by atoms with Crippen LogP contribution in [0, 0.1) is 17.5 Å². The lowest BCUT2D eigenvalue weighted by Crippen LogP contribution is -2.00. The first kappa shape index (κ1) is 11.7. The van der Waals surface area contributed by atoms with Crippen molar-refractivity contribution in [3.63, 3.8) is 0 Å². The van der Waals surface area contributed by atoms with Crippen LogP contribution in [0.4, 0.5) is 13.2 Å². The highest BCUT2D eigenvalue weighted by molar-refractivity contribution is 5.67. The van der Waals surface area contributed by atoms with Crippen LogP contribution in [0.3, 0.4) is 0 Å². The number of halogens is 3. The minimum absolute atomic E-state index is 0.174. The minimum atomic E-state index is -0.702. The van der Waals surface area contributed by atoms with Crippen LogP contribution in [0.5, 0.6) is 0 Å². The molecule has 2 aromatic rings.